The lowest BCUT2D eigenvalue weighted by atomic mass is 9.82. The molecule has 21 heavy (non-hydrogen) atoms. The predicted octanol–water partition coefficient (Wildman–Crippen LogP) is 1.96. The third kappa shape index (κ3) is 4.43. The molecule has 1 fully saturated rings. The molecule has 1 saturated heterocycles. The fourth-order valence-corrected chi connectivity index (χ4v) is 3.24. The second-order valence-electron chi connectivity index (χ2n) is 6.15. The first-order chi connectivity index (χ1) is 10.1. The molecular weight excluding hydrogens is 264 g/mol. The van der Waals surface area contributed by atoms with Crippen molar-refractivity contribution in [3.05, 3.63) is 29.8 Å². The fraction of sp³-hybridized carbons (Fsp3) is 0.647. The van der Waals surface area contributed by atoms with Gasteiger partial charge in [-0.3, -0.25) is 0 Å². The minimum atomic E-state index is 0.238. The minimum Gasteiger partial charge on any atom is -0.497 e. The van der Waals surface area contributed by atoms with Gasteiger partial charge in [-0.15, -0.1) is 0 Å². The van der Waals surface area contributed by atoms with Crippen molar-refractivity contribution in [3.8, 4) is 5.75 Å². The Labute approximate surface area is 128 Å². The summed E-state index contributed by atoms with van der Waals surface area (Å²) in [6, 6.07) is 8.43. The second kappa shape index (κ2) is 7.78. The van der Waals surface area contributed by atoms with Crippen LogP contribution in [0.4, 0.5) is 0 Å². The van der Waals surface area contributed by atoms with E-state index in [4.69, 9.17) is 9.47 Å². The molecular formula is C17H28N2O2. The summed E-state index contributed by atoms with van der Waals surface area (Å²) >= 11 is 0. The molecule has 1 aliphatic rings. The first-order valence-electron chi connectivity index (χ1n) is 7.73. The van der Waals surface area contributed by atoms with Crippen LogP contribution in [0.2, 0.25) is 0 Å². The van der Waals surface area contributed by atoms with Crippen molar-refractivity contribution in [1.82, 2.24) is 10.2 Å². The van der Waals surface area contributed by atoms with E-state index >= 15 is 0 Å². The normalized spacial score (nSPS) is 22.0. The van der Waals surface area contributed by atoms with Crippen LogP contribution in [0.15, 0.2) is 24.3 Å². The molecule has 1 aromatic carbocycles. The maximum atomic E-state index is 6.04. The summed E-state index contributed by atoms with van der Waals surface area (Å²) in [7, 11) is 5.96. The lowest BCUT2D eigenvalue weighted by molar-refractivity contribution is -0.00259. The minimum absolute atomic E-state index is 0.238. The van der Waals surface area contributed by atoms with Gasteiger partial charge in [0.25, 0.3) is 0 Å². The van der Waals surface area contributed by atoms with Gasteiger partial charge in [0, 0.05) is 25.6 Å². The average Bonchev–Trinajstić information content (AvgIpc) is 2.48. The molecule has 0 aromatic heterocycles. The van der Waals surface area contributed by atoms with E-state index in [-0.39, 0.29) is 6.10 Å². The van der Waals surface area contributed by atoms with Gasteiger partial charge >= 0.3 is 0 Å². The van der Waals surface area contributed by atoms with Gasteiger partial charge in [0.05, 0.1) is 19.8 Å². The monoisotopic (exact) mass is 292 g/mol. The second-order valence-corrected chi connectivity index (χ2v) is 6.15. The topological polar surface area (TPSA) is 33.7 Å². The Morgan fingerprint density at radius 2 is 2.05 bits per heavy atom. The first kappa shape index (κ1) is 16.3. The zero-order chi connectivity index (χ0) is 15.2. The highest BCUT2D eigenvalue weighted by Crippen LogP contribution is 2.32. The van der Waals surface area contributed by atoms with Crippen LogP contribution in [0, 0.1) is 5.92 Å². The molecule has 1 aliphatic heterocycles. The number of nitrogens with one attached hydrogen (secondary N) is 1. The van der Waals surface area contributed by atoms with Crippen molar-refractivity contribution in [2.75, 3.05) is 47.4 Å². The molecule has 4 heteroatoms. The molecule has 118 valence electrons. The van der Waals surface area contributed by atoms with Gasteiger partial charge in [-0.25, -0.2) is 0 Å². The zero-order valence-electron chi connectivity index (χ0n) is 13.6. The summed E-state index contributed by atoms with van der Waals surface area (Å²) in [6.45, 7) is 6.04. The van der Waals surface area contributed by atoms with Crippen molar-refractivity contribution < 1.29 is 9.47 Å². The molecule has 1 N–H and O–H groups in total. The number of ether oxygens (including phenoxy) is 2. The van der Waals surface area contributed by atoms with E-state index in [1.165, 1.54) is 5.56 Å². The maximum Gasteiger partial charge on any atom is 0.118 e. The smallest absolute Gasteiger partial charge is 0.118 e. The van der Waals surface area contributed by atoms with Crippen LogP contribution in [-0.2, 0) is 4.74 Å². The molecule has 0 aliphatic carbocycles. The number of methoxy groups -OCH3 is 1. The molecule has 2 rings (SSSR count). The highest BCUT2D eigenvalue weighted by atomic mass is 16.5. The SMILES string of the molecule is COc1ccc(C(C(C)CN(C)C)C2CNCCO2)cc1. The number of hydrogen-bond acceptors (Lipinski definition) is 4. The van der Waals surface area contributed by atoms with Gasteiger partial charge in [-0.05, 0) is 37.7 Å². The molecule has 1 aromatic rings. The van der Waals surface area contributed by atoms with Gasteiger partial charge in [0.15, 0.2) is 0 Å². The van der Waals surface area contributed by atoms with Crippen LogP contribution in [0.25, 0.3) is 0 Å². The van der Waals surface area contributed by atoms with E-state index in [1.807, 2.05) is 12.1 Å². The van der Waals surface area contributed by atoms with Gasteiger partial charge in [0.2, 0.25) is 0 Å². The Balaban J connectivity index is 2.20. The summed E-state index contributed by atoms with van der Waals surface area (Å²) in [5, 5.41) is 3.45. The van der Waals surface area contributed by atoms with Gasteiger partial charge in [0.1, 0.15) is 5.75 Å². The van der Waals surface area contributed by atoms with Crippen LogP contribution >= 0.6 is 0 Å². The van der Waals surface area contributed by atoms with E-state index in [0.717, 1.165) is 32.0 Å². The van der Waals surface area contributed by atoms with Crippen molar-refractivity contribution >= 4 is 0 Å². The molecule has 0 spiro atoms. The molecule has 4 nitrogen and oxygen atoms in total. The molecule has 1 heterocycles. The van der Waals surface area contributed by atoms with Crippen LogP contribution in [0.3, 0.4) is 0 Å². The Morgan fingerprint density at radius 1 is 1.33 bits per heavy atom. The van der Waals surface area contributed by atoms with Gasteiger partial charge < -0.3 is 19.7 Å². The quantitative estimate of drug-likeness (QED) is 0.869. The molecule has 3 unspecified atom stereocenters. The third-order valence-corrected chi connectivity index (χ3v) is 4.12. The Bertz CT molecular complexity index is 413. The molecule has 0 saturated carbocycles. The molecule has 3 atom stereocenters. The highest BCUT2D eigenvalue weighted by Gasteiger charge is 2.30. The highest BCUT2D eigenvalue weighted by molar-refractivity contribution is 5.30. The summed E-state index contributed by atoms with van der Waals surface area (Å²) in [5.74, 6) is 1.82. The predicted molar refractivity (Wildman–Crippen MR) is 86.1 cm³/mol. The van der Waals surface area contributed by atoms with Crippen LogP contribution in [0.5, 0.6) is 5.75 Å². The zero-order valence-corrected chi connectivity index (χ0v) is 13.6. The van der Waals surface area contributed by atoms with Crippen LogP contribution < -0.4 is 10.1 Å². The molecule has 0 amide bonds. The summed E-state index contributed by atoms with van der Waals surface area (Å²) in [5.41, 5.74) is 1.33. The Morgan fingerprint density at radius 3 is 2.57 bits per heavy atom. The summed E-state index contributed by atoms with van der Waals surface area (Å²) < 4.78 is 11.3. The number of hydrogen-bond donors (Lipinski definition) is 1. The van der Waals surface area contributed by atoms with Crippen LogP contribution in [0.1, 0.15) is 18.4 Å². The molecule has 0 radical (unpaired) electrons. The Hall–Kier alpha value is -1.10. The number of nitrogens with zero attached hydrogens (tertiary/aromatic N) is 1. The van der Waals surface area contributed by atoms with Crippen molar-refractivity contribution in [2.24, 2.45) is 5.92 Å². The van der Waals surface area contributed by atoms with Crippen LogP contribution in [-0.4, -0.2) is 58.5 Å². The number of benzene rings is 1. The lowest BCUT2D eigenvalue weighted by Gasteiger charge is -2.36. The summed E-state index contributed by atoms with van der Waals surface area (Å²) in [4.78, 5) is 2.25. The first-order valence-corrected chi connectivity index (χ1v) is 7.73. The summed E-state index contributed by atoms with van der Waals surface area (Å²) in [6.07, 6.45) is 0.238. The van der Waals surface area contributed by atoms with Crippen molar-refractivity contribution in [2.45, 2.75) is 18.9 Å². The van der Waals surface area contributed by atoms with E-state index in [9.17, 15) is 0 Å². The molecule has 0 bridgehead atoms. The van der Waals surface area contributed by atoms with E-state index < -0.39 is 0 Å². The van der Waals surface area contributed by atoms with Crippen molar-refractivity contribution in [1.29, 1.82) is 0 Å². The van der Waals surface area contributed by atoms with Gasteiger partial charge in [-0.1, -0.05) is 19.1 Å². The number of rotatable bonds is 6. The van der Waals surface area contributed by atoms with E-state index in [1.54, 1.807) is 7.11 Å². The fourth-order valence-electron chi connectivity index (χ4n) is 3.24. The van der Waals surface area contributed by atoms with Crippen molar-refractivity contribution in [3.63, 3.8) is 0 Å². The number of morpholine rings is 1. The van der Waals surface area contributed by atoms with E-state index in [0.29, 0.717) is 11.8 Å². The lowest BCUT2D eigenvalue weighted by Crippen LogP contribution is -2.44. The largest absolute Gasteiger partial charge is 0.497 e. The third-order valence-electron chi connectivity index (χ3n) is 4.12. The maximum absolute atomic E-state index is 6.04. The Kier molecular flexibility index (Phi) is 6.03. The average molecular weight is 292 g/mol. The standard InChI is InChI=1S/C17H28N2O2/c1-13(12-19(2)3)17(16-11-18-9-10-21-16)14-5-7-15(20-4)8-6-14/h5-8,13,16-18H,9-12H2,1-4H3. The van der Waals surface area contributed by atoms with E-state index in [2.05, 4.69) is 43.4 Å². The van der Waals surface area contributed by atoms with Gasteiger partial charge in [-0.2, -0.15) is 0 Å².